The maximum Gasteiger partial charge on any atom is 0.104 e. The lowest BCUT2D eigenvalue weighted by molar-refractivity contribution is 0.0535. The monoisotopic (exact) mass is 264 g/mol. The summed E-state index contributed by atoms with van der Waals surface area (Å²) >= 11 is 0. The van der Waals surface area contributed by atoms with E-state index >= 15 is 0 Å². The second kappa shape index (κ2) is 7.86. The molecule has 2 rings (SSSR count). The van der Waals surface area contributed by atoms with Crippen molar-refractivity contribution >= 4 is 5.69 Å². The third kappa shape index (κ3) is 4.29. The van der Waals surface area contributed by atoms with Crippen LogP contribution in [0, 0.1) is 4.91 Å². The fourth-order valence-electron chi connectivity index (χ4n) is 2.24. The maximum absolute atomic E-state index is 9.82. The number of ether oxygens (including phenoxy) is 2. The lowest BCUT2D eigenvalue weighted by Gasteiger charge is -2.19. The average molecular weight is 264 g/mol. The van der Waals surface area contributed by atoms with Gasteiger partial charge in [0.25, 0.3) is 0 Å². The van der Waals surface area contributed by atoms with Gasteiger partial charge >= 0.3 is 0 Å². The highest BCUT2D eigenvalue weighted by Gasteiger charge is 2.17. The molecule has 0 N–H and O–H groups in total. The Morgan fingerprint density at radius 3 is 2.74 bits per heavy atom. The molecular weight excluding hydrogens is 244 g/mol. The summed E-state index contributed by atoms with van der Waals surface area (Å²) in [6.45, 7) is 4.36. The average Bonchev–Trinajstić information content (AvgIpc) is 2.85. The minimum Gasteiger partial charge on any atom is -0.377 e. The number of hydrogen-bond acceptors (Lipinski definition) is 5. The van der Waals surface area contributed by atoms with Crippen LogP contribution in [-0.4, -0.2) is 46.1 Å². The molecule has 0 atom stereocenters. The standard InChI is InChI=1S/C14H20N2O3/c17-15-6-9-18-11-12-19-10-8-16-7-5-13-3-1-2-4-14(13)16/h1-4H,5-12H2. The molecule has 5 nitrogen and oxygen atoms in total. The van der Waals surface area contributed by atoms with Crippen LogP contribution in [-0.2, 0) is 15.9 Å². The van der Waals surface area contributed by atoms with Crippen molar-refractivity contribution in [2.24, 2.45) is 5.18 Å². The molecule has 1 aromatic carbocycles. The van der Waals surface area contributed by atoms with Gasteiger partial charge in [0.2, 0.25) is 0 Å². The number of rotatable bonds is 9. The van der Waals surface area contributed by atoms with Gasteiger partial charge in [0.05, 0.1) is 26.4 Å². The first-order valence-electron chi connectivity index (χ1n) is 6.69. The van der Waals surface area contributed by atoms with Gasteiger partial charge in [-0.05, 0) is 18.1 Å². The number of nitroso groups, excluding NO2 is 1. The van der Waals surface area contributed by atoms with Gasteiger partial charge < -0.3 is 14.4 Å². The fraction of sp³-hybridized carbons (Fsp3) is 0.571. The first-order valence-corrected chi connectivity index (χ1v) is 6.69. The van der Waals surface area contributed by atoms with Crippen LogP contribution in [0.25, 0.3) is 0 Å². The molecule has 1 heterocycles. The Hall–Kier alpha value is -1.46. The van der Waals surface area contributed by atoms with Crippen molar-refractivity contribution < 1.29 is 9.47 Å². The van der Waals surface area contributed by atoms with Crippen molar-refractivity contribution in [3.63, 3.8) is 0 Å². The molecule has 5 heteroatoms. The van der Waals surface area contributed by atoms with Crippen LogP contribution in [0.3, 0.4) is 0 Å². The Kier molecular flexibility index (Phi) is 5.78. The molecule has 0 saturated carbocycles. The number of para-hydroxylation sites is 1. The maximum atomic E-state index is 9.82. The third-order valence-electron chi connectivity index (χ3n) is 3.19. The van der Waals surface area contributed by atoms with Gasteiger partial charge in [-0.1, -0.05) is 23.4 Å². The molecule has 0 bridgehead atoms. The van der Waals surface area contributed by atoms with Crippen molar-refractivity contribution in [2.75, 3.05) is 51.0 Å². The Morgan fingerprint density at radius 2 is 1.89 bits per heavy atom. The second-order valence-electron chi connectivity index (χ2n) is 4.44. The Labute approximate surface area is 113 Å². The smallest absolute Gasteiger partial charge is 0.104 e. The van der Waals surface area contributed by atoms with E-state index < -0.39 is 0 Å². The number of anilines is 1. The van der Waals surface area contributed by atoms with Crippen molar-refractivity contribution in [1.82, 2.24) is 0 Å². The first kappa shape index (κ1) is 14.0. The van der Waals surface area contributed by atoms with Crippen LogP contribution >= 0.6 is 0 Å². The minimum atomic E-state index is 0.213. The Morgan fingerprint density at radius 1 is 1.11 bits per heavy atom. The van der Waals surface area contributed by atoms with Gasteiger partial charge in [-0.2, -0.15) is 4.91 Å². The van der Waals surface area contributed by atoms with Crippen LogP contribution in [0.15, 0.2) is 29.4 Å². The summed E-state index contributed by atoms with van der Waals surface area (Å²) in [5, 5.41) is 2.72. The molecular formula is C14H20N2O3. The lowest BCUT2D eigenvalue weighted by Crippen LogP contribution is -2.25. The van der Waals surface area contributed by atoms with Crippen LogP contribution < -0.4 is 4.90 Å². The quantitative estimate of drug-likeness (QED) is 0.504. The molecule has 0 radical (unpaired) electrons. The van der Waals surface area contributed by atoms with Crippen LogP contribution in [0.1, 0.15) is 5.56 Å². The fourth-order valence-corrected chi connectivity index (χ4v) is 2.24. The summed E-state index contributed by atoms with van der Waals surface area (Å²) in [5.74, 6) is 0. The predicted octanol–water partition coefficient (Wildman–Crippen LogP) is 1.85. The Bertz CT molecular complexity index is 398. The van der Waals surface area contributed by atoms with Crippen molar-refractivity contribution in [3.8, 4) is 0 Å². The number of nitrogens with zero attached hydrogens (tertiary/aromatic N) is 2. The van der Waals surface area contributed by atoms with E-state index in [0.29, 0.717) is 26.4 Å². The first-order chi connectivity index (χ1) is 9.42. The van der Waals surface area contributed by atoms with Crippen molar-refractivity contribution in [2.45, 2.75) is 6.42 Å². The molecule has 104 valence electrons. The van der Waals surface area contributed by atoms with Gasteiger partial charge in [0.1, 0.15) is 6.54 Å². The molecule has 1 aliphatic heterocycles. The lowest BCUT2D eigenvalue weighted by atomic mass is 10.2. The van der Waals surface area contributed by atoms with Crippen molar-refractivity contribution in [1.29, 1.82) is 0 Å². The molecule has 0 unspecified atom stereocenters. The number of benzene rings is 1. The summed E-state index contributed by atoms with van der Waals surface area (Å²) in [6.07, 6.45) is 1.12. The highest BCUT2D eigenvalue weighted by Crippen LogP contribution is 2.26. The van der Waals surface area contributed by atoms with E-state index in [1.54, 1.807) is 0 Å². The molecule has 0 amide bonds. The molecule has 0 fully saturated rings. The van der Waals surface area contributed by atoms with E-state index in [2.05, 4.69) is 34.3 Å². The summed E-state index contributed by atoms with van der Waals surface area (Å²) in [7, 11) is 0. The molecule has 0 aromatic heterocycles. The summed E-state index contributed by atoms with van der Waals surface area (Å²) in [5.41, 5.74) is 2.76. The topological polar surface area (TPSA) is 51.1 Å². The molecule has 1 aliphatic rings. The minimum absolute atomic E-state index is 0.213. The van der Waals surface area contributed by atoms with Crippen molar-refractivity contribution in [3.05, 3.63) is 34.7 Å². The van der Waals surface area contributed by atoms with Gasteiger partial charge in [0.15, 0.2) is 0 Å². The van der Waals surface area contributed by atoms with Gasteiger partial charge in [0, 0.05) is 18.8 Å². The molecule has 0 aliphatic carbocycles. The molecule has 0 saturated heterocycles. The van der Waals surface area contributed by atoms with E-state index in [0.717, 1.165) is 19.5 Å². The highest BCUT2D eigenvalue weighted by atomic mass is 16.5. The van der Waals surface area contributed by atoms with Gasteiger partial charge in [-0.25, -0.2) is 0 Å². The second-order valence-corrected chi connectivity index (χ2v) is 4.44. The Balaban J connectivity index is 1.56. The molecule has 19 heavy (non-hydrogen) atoms. The summed E-state index contributed by atoms with van der Waals surface area (Å²) in [4.78, 5) is 12.2. The van der Waals surface area contributed by atoms with Crippen LogP contribution in [0.2, 0.25) is 0 Å². The largest absolute Gasteiger partial charge is 0.377 e. The SMILES string of the molecule is O=NCCOCCOCCN1CCc2ccccc21. The number of hydrogen-bond donors (Lipinski definition) is 0. The summed E-state index contributed by atoms with van der Waals surface area (Å²) < 4.78 is 10.7. The van der Waals surface area contributed by atoms with E-state index in [-0.39, 0.29) is 6.54 Å². The number of fused-ring (bicyclic) bond motifs is 1. The zero-order valence-corrected chi connectivity index (χ0v) is 11.1. The zero-order valence-electron chi connectivity index (χ0n) is 11.1. The van der Waals surface area contributed by atoms with Gasteiger partial charge in [-0.15, -0.1) is 0 Å². The van der Waals surface area contributed by atoms with Crippen LogP contribution in [0.4, 0.5) is 5.69 Å². The summed E-state index contributed by atoms with van der Waals surface area (Å²) in [6, 6.07) is 8.51. The van der Waals surface area contributed by atoms with Gasteiger partial charge in [-0.3, -0.25) is 0 Å². The molecule has 1 aromatic rings. The van der Waals surface area contributed by atoms with E-state index in [1.807, 2.05) is 0 Å². The molecule has 0 spiro atoms. The highest BCUT2D eigenvalue weighted by molar-refractivity contribution is 5.57. The predicted molar refractivity (Wildman–Crippen MR) is 74.7 cm³/mol. The third-order valence-corrected chi connectivity index (χ3v) is 3.19. The van der Waals surface area contributed by atoms with Crippen LogP contribution in [0.5, 0.6) is 0 Å². The zero-order chi connectivity index (χ0) is 13.3. The van der Waals surface area contributed by atoms with E-state index in [1.165, 1.54) is 11.3 Å². The van der Waals surface area contributed by atoms with E-state index in [9.17, 15) is 4.91 Å². The normalized spacial score (nSPS) is 13.6. The van der Waals surface area contributed by atoms with E-state index in [4.69, 9.17) is 9.47 Å².